The normalized spacial score (nSPS) is 18.6. The predicted molar refractivity (Wildman–Crippen MR) is 140 cm³/mol. The molecule has 35 heavy (non-hydrogen) atoms. The summed E-state index contributed by atoms with van der Waals surface area (Å²) in [5.74, 6) is -1.36. The van der Waals surface area contributed by atoms with E-state index in [0.29, 0.717) is 17.0 Å². The molecule has 2 unspecified atom stereocenters. The van der Waals surface area contributed by atoms with Crippen molar-refractivity contribution in [2.45, 2.75) is 63.9 Å². The number of rotatable bonds is 7. The Morgan fingerprint density at radius 1 is 1.11 bits per heavy atom. The van der Waals surface area contributed by atoms with Gasteiger partial charge in [0.05, 0.1) is 11.2 Å². The summed E-state index contributed by atoms with van der Waals surface area (Å²) in [6.45, 7) is 3.75. The molecule has 3 aromatic rings. The van der Waals surface area contributed by atoms with Crippen LogP contribution in [0, 0.1) is 6.92 Å². The average molecular weight is 496 g/mol. The quantitative estimate of drug-likeness (QED) is 0.244. The van der Waals surface area contributed by atoms with Crippen molar-refractivity contribution in [1.82, 2.24) is 10.3 Å². The van der Waals surface area contributed by atoms with E-state index < -0.39 is 5.91 Å². The van der Waals surface area contributed by atoms with E-state index in [1.165, 1.54) is 0 Å². The number of anilines is 1. The lowest BCUT2D eigenvalue weighted by Gasteiger charge is -2.31. The van der Waals surface area contributed by atoms with Crippen molar-refractivity contribution in [2.24, 2.45) is 0 Å². The maximum absolute atomic E-state index is 14.0. The van der Waals surface area contributed by atoms with Crippen LogP contribution in [0.15, 0.2) is 48.5 Å². The van der Waals surface area contributed by atoms with E-state index in [1.54, 1.807) is 37.3 Å². The number of aryl methyl sites for hydroxylation is 1. The number of pyridine rings is 1. The number of carbonyl (C=O) groups is 2. The van der Waals surface area contributed by atoms with Gasteiger partial charge in [-0.15, -0.1) is 0 Å². The van der Waals surface area contributed by atoms with Gasteiger partial charge in [-0.3, -0.25) is 9.59 Å². The smallest absolute Gasteiger partial charge is 0.310 e. The number of alkyl halides is 1. The van der Waals surface area contributed by atoms with Crippen molar-refractivity contribution < 1.29 is 18.7 Å². The highest BCUT2D eigenvalue weighted by Crippen LogP contribution is 2.32. The van der Waals surface area contributed by atoms with Gasteiger partial charge in [0.1, 0.15) is 5.75 Å². The van der Waals surface area contributed by atoms with Gasteiger partial charge in [0.25, 0.3) is 5.91 Å². The number of carbonyl (C=O) groups excluding carboxylic acids is 2. The summed E-state index contributed by atoms with van der Waals surface area (Å²) in [7, 11) is 2.16. The molecule has 0 spiro atoms. The summed E-state index contributed by atoms with van der Waals surface area (Å²) in [4.78, 5) is 28.7. The molecule has 8 heteroatoms. The second-order valence-corrected chi connectivity index (χ2v) is 9.62. The second-order valence-electron chi connectivity index (χ2n) is 9.04. The molecule has 0 saturated heterocycles. The van der Waals surface area contributed by atoms with Crippen molar-refractivity contribution in [3.63, 3.8) is 0 Å². The molecule has 1 fully saturated rings. The molecule has 0 bridgehead atoms. The summed E-state index contributed by atoms with van der Waals surface area (Å²) < 4.78 is 19.2. The minimum Gasteiger partial charge on any atom is -0.427 e. The highest BCUT2D eigenvalue weighted by molar-refractivity contribution is 7.16. The number of hydrogen-bond donors (Lipinski definition) is 2. The Morgan fingerprint density at radius 3 is 2.57 bits per heavy atom. The average Bonchev–Trinajstić information content (AvgIpc) is 2.85. The lowest BCUT2D eigenvalue weighted by atomic mass is 9.90. The highest BCUT2D eigenvalue weighted by atomic mass is 31.0. The maximum atomic E-state index is 14.0. The maximum Gasteiger partial charge on any atom is 0.310 e. The zero-order valence-corrected chi connectivity index (χ0v) is 21.2. The number of aromatic nitrogens is 1. The zero-order valence-electron chi connectivity index (χ0n) is 20.0. The van der Waals surface area contributed by atoms with Crippen molar-refractivity contribution in [3.05, 3.63) is 65.4 Å². The molecule has 1 aliphatic rings. The third-order valence-corrected chi connectivity index (χ3v) is 6.65. The van der Waals surface area contributed by atoms with Crippen LogP contribution >= 0.6 is 9.24 Å². The molecule has 1 saturated carbocycles. The summed E-state index contributed by atoms with van der Waals surface area (Å²) in [6, 6.07) is 14.7. The molecule has 1 aromatic heterocycles. The fourth-order valence-electron chi connectivity index (χ4n) is 4.40. The van der Waals surface area contributed by atoms with E-state index >= 15 is 0 Å². The first-order chi connectivity index (χ1) is 16.8. The summed E-state index contributed by atoms with van der Waals surface area (Å²) in [5, 5.41) is 7.70. The molecule has 0 aliphatic heterocycles. The van der Waals surface area contributed by atoms with Crippen LogP contribution in [-0.2, 0) is 4.79 Å². The van der Waals surface area contributed by atoms with Gasteiger partial charge in [0.2, 0.25) is 0 Å². The molecule has 2 atom stereocenters. The van der Waals surface area contributed by atoms with Gasteiger partial charge in [-0.1, -0.05) is 33.9 Å². The number of nitrogens with zero attached hydrogens (tertiary/aromatic N) is 1. The van der Waals surface area contributed by atoms with Crippen molar-refractivity contribution in [3.8, 4) is 5.75 Å². The molecule has 1 amide bonds. The molecule has 2 aromatic carbocycles. The third kappa shape index (κ3) is 6.34. The zero-order chi connectivity index (χ0) is 24.9. The Bertz CT molecular complexity index is 1230. The topological polar surface area (TPSA) is 80.3 Å². The van der Waals surface area contributed by atoms with Crippen LogP contribution in [0.5, 0.6) is 5.75 Å². The van der Waals surface area contributed by atoms with Crippen LogP contribution in [0.4, 0.5) is 10.1 Å². The minimum atomic E-state index is -1.23. The first-order valence-electron chi connectivity index (χ1n) is 12.0. The first-order valence-corrected chi connectivity index (χ1v) is 12.7. The van der Waals surface area contributed by atoms with Gasteiger partial charge in [-0.25, -0.2) is 9.37 Å². The number of benzene rings is 2. The number of fused-ring (bicyclic) bond motifs is 1. The van der Waals surface area contributed by atoms with Crippen LogP contribution in [0.1, 0.15) is 66.6 Å². The molecular formula is C27H31FN3O3P. The standard InChI is InChI=1S/C27H31FN3O3P/c1-3-25(32)34-20-6-4-5-17(14-20)27(33)30-19-10-8-18(9-11-19)29-23-15-24(26(28)35)31-22-12-7-16(2)13-21(22)23/h4-7,12-15,18-19,26H,3,8-11,35H2,1-2H3,(H,29,31)(H,30,33). The van der Waals surface area contributed by atoms with Crippen molar-refractivity contribution in [1.29, 1.82) is 0 Å². The number of esters is 1. The molecular weight excluding hydrogens is 464 g/mol. The van der Waals surface area contributed by atoms with E-state index in [9.17, 15) is 14.0 Å². The fraction of sp³-hybridized carbons (Fsp3) is 0.370. The van der Waals surface area contributed by atoms with E-state index in [1.807, 2.05) is 19.1 Å². The number of ether oxygens (including phenoxy) is 1. The molecule has 0 radical (unpaired) electrons. The molecule has 184 valence electrons. The third-order valence-electron chi connectivity index (χ3n) is 6.31. The monoisotopic (exact) mass is 495 g/mol. The number of hydrogen-bond acceptors (Lipinski definition) is 5. The van der Waals surface area contributed by atoms with Crippen molar-refractivity contribution in [2.75, 3.05) is 5.32 Å². The minimum absolute atomic E-state index is 0.0663. The number of amides is 1. The Hall–Kier alpha value is -3.05. The predicted octanol–water partition coefficient (Wildman–Crippen LogP) is 5.85. The van der Waals surface area contributed by atoms with E-state index in [4.69, 9.17) is 4.74 Å². The lowest BCUT2D eigenvalue weighted by molar-refractivity contribution is -0.134. The molecule has 1 aliphatic carbocycles. The SMILES string of the molecule is CCC(=O)Oc1cccc(C(=O)NC2CCC(Nc3cc(C(F)P)nc4ccc(C)cc34)CC2)c1. The Labute approximate surface area is 207 Å². The molecule has 4 rings (SSSR count). The summed E-state index contributed by atoms with van der Waals surface area (Å²) >= 11 is 0. The van der Waals surface area contributed by atoms with E-state index in [-0.39, 0.29) is 30.4 Å². The summed E-state index contributed by atoms with van der Waals surface area (Å²) in [6.07, 6.45) is 3.69. The molecule has 2 N–H and O–H groups in total. The van der Waals surface area contributed by atoms with Gasteiger partial charge >= 0.3 is 5.97 Å². The first kappa shape index (κ1) is 25.1. The number of halogens is 1. The van der Waals surface area contributed by atoms with Crippen LogP contribution in [0.25, 0.3) is 10.9 Å². The fourth-order valence-corrected chi connectivity index (χ4v) is 4.57. The highest BCUT2D eigenvalue weighted by Gasteiger charge is 2.24. The molecule has 6 nitrogen and oxygen atoms in total. The Kier molecular flexibility index (Phi) is 7.97. The van der Waals surface area contributed by atoms with Crippen LogP contribution < -0.4 is 15.4 Å². The van der Waals surface area contributed by atoms with Gasteiger partial charge in [0, 0.05) is 35.1 Å². The number of nitrogens with one attached hydrogen (secondary N) is 2. The summed E-state index contributed by atoms with van der Waals surface area (Å²) in [5.41, 5.74) is 3.65. The Balaban J connectivity index is 1.38. The van der Waals surface area contributed by atoms with Gasteiger partial charge in [-0.2, -0.15) is 0 Å². The molecule has 1 heterocycles. The van der Waals surface area contributed by atoms with Gasteiger partial charge in [-0.05, 0) is 69.0 Å². The van der Waals surface area contributed by atoms with Crippen molar-refractivity contribution >= 4 is 37.7 Å². The van der Waals surface area contributed by atoms with Crippen LogP contribution in [-0.4, -0.2) is 28.9 Å². The largest absolute Gasteiger partial charge is 0.427 e. The van der Waals surface area contributed by atoms with Gasteiger partial charge in [0.15, 0.2) is 5.91 Å². The van der Waals surface area contributed by atoms with E-state index in [0.717, 1.165) is 47.8 Å². The lowest BCUT2D eigenvalue weighted by Crippen LogP contribution is -2.40. The van der Waals surface area contributed by atoms with E-state index in [2.05, 4.69) is 30.9 Å². The van der Waals surface area contributed by atoms with Gasteiger partial charge < -0.3 is 15.4 Å². The second kappa shape index (κ2) is 11.1. The Morgan fingerprint density at radius 2 is 1.86 bits per heavy atom. The van der Waals surface area contributed by atoms with Crippen LogP contribution in [0.3, 0.4) is 0 Å². The van der Waals surface area contributed by atoms with Crippen LogP contribution in [0.2, 0.25) is 0 Å².